The normalized spacial score (nSPS) is 10.4. The van der Waals surface area contributed by atoms with E-state index in [9.17, 15) is 4.79 Å². The number of hydrogen-bond acceptors (Lipinski definition) is 2. The van der Waals surface area contributed by atoms with Crippen molar-refractivity contribution in [1.29, 1.82) is 0 Å². The molecule has 4 heteroatoms. The Morgan fingerprint density at radius 3 is 2.93 bits per heavy atom. The van der Waals surface area contributed by atoms with Gasteiger partial charge in [-0.05, 0) is 6.07 Å². The average Bonchev–Trinajstić information content (AvgIpc) is 2.17. The molecule has 0 radical (unpaired) electrons. The van der Waals surface area contributed by atoms with Gasteiger partial charge >= 0.3 is 0 Å². The summed E-state index contributed by atoms with van der Waals surface area (Å²) >= 11 is 5.92. The van der Waals surface area contributed by atoms with Crippen molar-refractivity contribution in [3.63, 3.8) is 0 Å². The molecule has 1 heterocycles. The quantitative estimate of drug-likeness (QED) is 0.782. The molecule has 1 aromatic carbocycles. The summed E-state index contributed by atoms with van der Waals surface area (Å²) in [6.45, 7) is 0. The zero-order valence-electron chi connectivity index (χ0n) is 7.50. The summed E-state index contributed by atoms with van der Waals surface area (Å²) in [6, 6.07) is 6.78. The van der Waals surface area contributed by atoms with Crippen LogP contribution in [-0.4, -0.2) is 12.1 Å². The highest BCUT2D eigenvalue weighted by molar-refractivity contribution is 6.35. The molecular formula is C10H8ClNO2. The maximum absolute atomic E-state index is 11.2. The Balaban J connectivity index is 2.93. The van der Waals surface area contributed by atoms with Crippen molar-refractivity contribution in [1.82, 2.24) is 4.98 Å². The number of ether oxygens (including phenoxy) is 1. The van der Waals surface area contributed by atoms with Crippen molar-refractivity contribution in [3.8, 4) is 5.75 Å². The smallest absolute Gasteiger partial charge is 0.250 e. The van der Waals surface area contributed by atoms with Crippen molar-refractivity contribution in [2.75, 3.05) is 7.11 Å². The number of aromatic amines is 1. The van der Waals surface area contributed by atoms with Gasteiger partial charge in [-0.3, -0.25) is 4.79 Å². The minimum atomic E-state index is -0.230. The van der Waals surface area contributed by atoms with E-state index in [1.165, 1.54) is 6.07 Å². The Bertz CT molecular complexity index is 533. The van der Waals surface area contributed by atoms with Crippen LogP contribution in [0.1, 0.15) is 0 Å². The Morgan fingerprint density at radius 1 is 1.43 bits per heavy atom. The first-order valence-electron chi connectivity index (χ1n) is 4.08. The third kappa shape index (κ3) is 1.36. The molecule has 0 saturated heterocycles. The second kappa shape index (κ2) is 3.35. The largest absolute Gasteiger partial charge is 0.495 e. The van der Waals surface area contributed by atoms with Crippen LogP contribution in [0.5, 0.6) is 5.75 Å². The highest BCUT2D eigenvalue weighted by Gasteiger charge is 2.05. The highest BCUT2D eigenvalue weighted by atomic mass is 35.5. The van der Waals surface area contributed by atoms with Crippen LogP contribution in [0.15, 0.2) is 29.1 Å². The van der Waals surface area contributed by atoms with Crippen LogP contribution in [0.3, 0.4) is 0 Å². The van der Waals surface area contributed by atoms with Gasteiger partial charge in [0.2, 0.25) is 5.56 Å². The molecule has 0 aliphatic heterocycles. The van der Waals surface area contributed by atoms with Crippen molar-refractivity contribution < 1.29 is 4.74 Å². The summed E-state index contributed by atoms with van der Waals surface area (Å²) < 4.78 is 5.11. The number of fused-ring (bicyclic) bond motifs is 1. The van der Waals surface area contributed by atoms with Crippen molar-refractivity contribution in [2.24, 2.45) is 0 Å². The number of pyridine rings is 1. The first-order chi connectivity index (χ1) is 6.72. The predicted octanol–water partition coefficient (Wildman–Crippen LogP) is 2.19. The van der Waals surface area contributed by atoms with Gasteiger partial charge in [-0.2, -0.15) is 0 Å². The third-order valence-electron chi connectivity index (χ3n) is 2.01. The van der Waals surface area contributed by atoms with Crippen LogP contribution in [0.2, 0.25) is 5.02 Å². The Labute approximate surface area is 85.3 Å². The molecule has 1 aromatic heterocycles. The Hall–Kier alpha value is -1.48. The Kier molecular flexibility index (Phi) is 2.17. The molecular weight excluding hydrogens is 202 g/mol. The van der Waals surface area contributed by atoms with Crippen molar-refractivity contribution >= 4 is 22.5 Å². The number of benzene rings is 1. The summed E-state index contributed by atoms with van der Waals surface area (Å²) in [7, 11) is 1.55. The van der Waals surface area contributed by atoms with Crippen molar-refractivity contribution in [3.05, 3.63) is 39.6 Å². The fourth-order valence-electron chi connectivity index (χ4n) is 1.38. The minimum absolute atomic E-state index is 0.230. The van der Waals surface area contributed by atoms with E-state index in [0.29, 0.717) is 16.3 Å². The summed E-state index contributed by atoms with van der Waals surface area (Å²) in [5.41, 5.74) is 0.402. The van der Waals surface area contributed by atoms with E-state index < -0.39 is 0 Å². The molecule has 72 valence electrons. The predicted molar refractivity (Wildman–Crippen MR) is 56.1 cm³/mol. The number of methoxy groups -OCH3 is 1. The van der Waals surface area contributed by atoms with E-state index in [1.807, 2.05) is 12.1 Å². The van der Waals surface area contributed by atoms with Crippen LogP contribution in [0, 0.1) is 0 Å². The monoisotopic (exact) mass is 209 g/mol. The molecule has 2 rings (SSSR count). The number of rotatable bonds is 1. The van der Waals surface area contributed by atoms with Gasteiger partial charge < -0.3 is 9.72 Å². The standard InChI is InChI=1S/C10H8ClNO2/c1-14-8-4-2-3-6-7(11)5-9(13)12-10(6)8/h2-5H,1H3,(H,12,13). The molecule has 0 aliphatic rings. The van der Waals surface area contributed by atoms with E-state index in [-0.39, 0.29) is 5.56 Å². The summed E-state index contributed by atoms with van der Waals surface area (Å²) in [5, 5.41) is 1.22. The first-order valence-corrected chi connectivity index (χ1v) is 4.45. The highest BCUT2D eigenvalue weighted by Crippen LogP contribution is 2.26. The van der Waals surface area contributed by atoms with Crippen LogP contribution >= 0.6 is 11.6 Å². The maximum atomic E-state index is 11.2. The lowest BCUT2D eigenvalue weighted by Gasteiger charge is -2.05. The van der Waals surface area contributed by atoms with E-state index in [0.717, 1.165) is 5.39 Å². The lowest BCUT2D eigenvalue weighted by Crippen LogP contribution is -2.04. The summed E-state index contributed by atoms with van der Waals surface area (Å²) in [4.78, 5) is 13.9. The van der Waals surface area contributed by atoms with Crippen molar-refractivity contribution in [2.45, 2.75) is 0 Å². The molecule has 14 heavy (non-hydrogen) atoms. The number of aromatic nitrogens is 1. The van der Waals surface area contributed by atoms with E-state index in [2.05, 4.69) is 4.98 Å². The summed E-state index contributed by atoms with van der Waals surface area (Å²) in [6.07, 6.45) is 0. The zero-order valence-corrected chi connectivity index (χ0v) is 8.26. The van der Waals surface area contributed by atoms with Crippen LogP contribution in [-0.2, 0) is 0 Å². The molecule has 0 spiro atoms. The lowest BCUT2D eigenvalue weighted by molar-refractivity contribution is 0.419. The second-order valence-corrected chi connectivity index (χ2v) is 3.27. The van der Waals surface area contributed by atoms with Gasteiger partial charge in [-0.15, -0.1) is 0 Å². The van der Waals surface area contributed by atoms with E-state index in [1.54, 1.807) is 13.2 Å². The number of nitrogens with one attached hydrogen (secondary N) is 1. The average molecular weight is 210 g/mol. The first kappa shape index (κ1) is 9.09. The third-order valence-corrected chi connectivity index (χ3v) is 2.32. The van der Waals surface area contributed by atoms with Gasteiger partial charge in [-0.1, -0.05) is 23.7 Å². The topological polar surface area (TPSA) is 42.1 Å². The molecule has 3 nitrogen and oxygen atoms in total. The fraction of sp³-hybridized carbons (Fsp3) is 0.100. The van der Waals surface area contributed by atoms with Gasteiger partial charge in [0.1, 0.15) is 5.75 Å². The Morgan fingerprint density at radius 2 is 2.21 bits per heavy atom. The van der Waals surface area contributed by atoms with E-state index >= 15 is 0 Å². The minimum Gasteiger partial charge on any atom is -0.495 e. The number of hydrogen-bond donors (Lipinski definition) is 1. The molecule has 0 unspecified atom stereocenters. The maximum Gasteiger partial charge on any atom is 0.250 e. The zero-order chi connectivity index (χ0) is 10.1. The fourth-order valence-corrected chi connectivity index (χ4v) is 1.64. The lowest BCUT2D eigenvalue weighted by atomic mass is 10.2. The van der Waals surface area contributed by atoms with Crippen LogP contribution in [0.25, 0.3) is 10.9 Å². The van der Waals surface area contributed by atoms with Gasteiger partial charge in [0.15, 0.2) is 0 Å². The van der Waals surface area contributed by atoms with Gasteiger partial charge in [0.05, 0.1) is 17.6 Å². The molecule has 0 fully saturated rings. The number of halogens is 1. The molecule has 0 atom stereocenters. The van der Waals surface area contributed by atoms with Crippen LogP contribution in [0.4, 0.5) is 0 Å². The van der Waals surface area contributed by atoms with Gasteiger partial charge in [-0.25, -0.2) is 0 Å². The summed E-state index contributed by atoms with van der Waals surface area (Å²) in [5.74, 6) is 0.613. The number of para-hydroxylation sites is 1. The van der Waals surface area contributed by atoms with Crippen LogP contribution < -0.4 is 10.3 Å². The molecule has 0 bridgehead atoms. The van der Waals surface area contributed by atoms with Gasteiger partial charge in [0.25, 0.3) is 0 Å². The SMILES string of the molecule is COc1cccc2c(Cl)cc(=O)[nH]c12. The molecule has 0 amide bonds. The second-order valence-electron chi connectivity index (χ2n) is 2.86. The molecule has 0 saturated carbocycles. The molecule has 0 aliphatic carbocycles. The van der Waals surface area contributed by atoms with E-state index in [4.69, 9.17) is 16.3 Å². The molecule has 1 N–H and O–H groups in total. The molecule has 2 aromatic rings. The van der Waals surface area contributed by atoms with Gasteiger partial charge in [0, 0.05) is 11.5 Å². The number of H-pyrrole nitrogens is 1.